The molecule has 33 heavy (non-hydrogen) atoms. The first kappa shape index (κ1) is 21.1. The fraction of sp³-hybridized carbons (Fsp3) is 0.609. The van der Waals surface area contributed by atoms with E-state index in [1.54, 1.807) is 0 Å². The molecule has 1 aliphatic rings. The Hall–Kier alpha value is -2.49. The van der Waals surface area contributed by atoms with Crippen LogP contribution in [0.1, 0.15) is 82.8 Å². The van der Waals surface area contributed by atoms with Gasteiger partial charge in [0.25, 0.3) is 11.8 Å². The molecule has 0 aromatic carbocycles. The maximum atomic E-state index is 14.5. The van der Waals surface area contributed by atoms with Gasteiger partial charge in [0, 0.05) is 38.9 Å². The van der Waals surface area contributed by atoms with Crippen molar-refractivity contribution < 1.29 is 36.0 Å². The van der Waals surface area contributed by atoms with Gasteiger partial charge in [0.1, 0.15) is 11.3 Å². The Morgan fingerprint density at radius 2 is 2.00 bits per heavy atom. The second-order valence-electron chi connectivity index (χ2n) is 9.32. The van der Waals surface area contributed by atoms with Crippen molar-refractivity contribution in [3.8, 4) is 0 Å². The van der Waals surface area contributed by atoms with E-state index in [4.69, 9.17) is 8.85 Å². The van der Waals surface area contributed by atoms with Crippen molar-refractivity contribution in [3.63, 3.8) is 0 Å². The molecular formula is C23H29F4N3O3. The third-order valence-electron chi connectivity index (χ3n) is 5.91. The number of hydrogen-bond donors (Lipinski definition) is 1. The van der Waals surface area contributed by atoms with Gasteiger partial charge in [-0.2, -0.15) is 8.78 Å². The summed E-state index contributed by atoms with van der Waals surface area (Å²) < 4.78 is 84.0. The number of fused-ring (bicyclic) bond motifs is 1. The number of amides is 1. The molecule has 0 atom stereocenters. The van der Waals surface area contributed by atoms with E-state index in [1.807, 2.05) is 0 Å². The third-order valence-corrected chi connectivity index (χ3v) is 5.91. The van der Waals surface area contributed by atoms with Crippen LogP contribution in [0.25, 0.3) is 5.65 Å². The molecule has 10 heteroatoms. The van der Waals surface area contributed by atoms with Crippen LogP contribution in [0.3, 0.4) is 0 Å². The van der Waals surface area contributed by atoms with E-state index in [2.05, 4.69) is 10.3 Å². The van der Waals surface area contributed by atoms with Crippen LogP contribution in [0.4, 0.5) is 17.6 Å². The molecule has 0 spiro atoms. The van der Waals surface area contributed by atoms with Gasteiger partial charge in [0.2, 0.25) is 5.92 Å². The molecule has 3 rings (SSSR count). The zero-order valence-corrected chi connectivity index (χ0v) is 18.7. The van der Waals surface area contributed by atoms with Crippen LogP contribution in [-0.2, 0) is 17.1 Å². The lowest BCUT2D eigenvalue weighted by Crippen LogP contribution is -2.39. The summed E-state index contributed by atoms with van der Waals surface area (Å²) in [5.41, 5.74) is -1.98. The van der Waals surface area contributed by atoms with Gasteiger partial charge in [-0.3, -0.25) is 14.0 Å². The van der Waals surface area contributed by atoms with E-state index in [9.17, 15) is 27.2 Å². The maximum absolute atomic E-state index is 14.5. The normalized spacial score (nSPS) is 19.1. The summed E-state index contributed by atoms with van der Waals surface area (Å²) in [6.45, 7) is 3.42. The van der Waals surface area contributed by atoms with E-state index in [1.165, 1.54) is 30.4 Å². The van der Waals surface area contributed by atoms with Crippen molar-refractivity contribution in [2.45, 2.75) is 70.3 Å². The summed E-state index contributed by atoms with van der Waals surface area (Å²) in [6.07, 6.45) is 0.0735. The van der Waals surface area contributed by atoms with Gasteiger partial charge in [0.15, 0.2) is 6.29 Å². The number of ether oxygens (including phenoxy) is 1. The average Bonchev–Trinajstić information content (AvgIpc) is 3.10. The Balaban J connectivity index is 1.94. The number of alkyl halides is 4. The molecule has 6 nitrogen and oxygen atoms in total. The zero-order chi connectivity index (χ0) is 27.1. The highest BCUT2D eigenvalue weighted by Crippen LogP contribution is 2.39. The monoisotopic (exact) mass is 474 g/mol. The minimum Gasteiger partial charge on any atom is -0.377 e. The number of rotatable bonds is 8. The van der Waals surface area contributed by atoms with Gasteiger partial charge in [-0.1, -0.05) is 0 Å². The molecule has 0 unspecified atom stereocenters. The van der Waals surface area contributed by atoms with Crippen LogP contribution >= 0.6 is 0 Å². The van der Waals surface area contributed by atoms with E-state index < -0.39 is 36.1 Å². The maximum Gasteiger partial charge on any atom is 0.288 e. The molecule has 1 amide bonds. The largest absolute Gasteiger partial charge is 0.377 e. The van der Waals surface area contributed by atoms with E-state index in [0.29, 0.717) is 13.2 Å². The van der Waals surface area contributed by atoms with Crippen LogP contribution in [0.15, 0.2) is 12.1 Å². The fourth-order valence-corrected chi connectivity index (χ4v) is 4.03. The Bertz CT molecular complexity index is 1130. The second-order valence-corrected chi connectivity index (χ2v) is 9.32. The number of carbonyl (C=O) groups excluding carboxylic acids is 2. The minimum atomic E-state index is -3.38. The van der Waals surface area contributed by atoms with Crippen LogP contribution in [0, 0.1) is 5.92 Å². The third kappa shape index (κ3) is 5.72. The van der Waals surface area contributed by atoms with Gasteiger partial charge in [0.05, 0.1) is 21.1 Å². The number of nitrogens with zero attached hydrogens (tertiary/aromatic N) is 2. The predicted octanol–water partition coefficient (Wildman–Crippen LogP) is 4.78. The molecule has 0 bridgehead atoms. The van der Waals surface area contributed by atoms with E-state index >= 15 is 0 Å². The SMILES string of the molecule is [2H]C([2H])([2H])OC(C)(C)CNC(=O)c1cc(C=O)n2c(CC3CCC(F)(F)CC3)c(C(C)(F)F)nc2c1. The Morgan fingerprint density at radius 3 is 2.58 bits per heavy atom. The summed E-state index contributed by atoms with van der Waals surface area (Å²) in [5, 5.41) is 2.52. The molecule has 1 saturated carbocycles. The summed E-state index contributed by atoms with van der Waals surface area (Å²) >= 11 is 0. The Labute approximate surface area is 193 Å². The first-order valence-electron chi connectivity index (χ1n) is 12.2. The van der Waals surface area contributed by atoms with E-state index in [-0.39, 0.29) is 67.2 Å². The van der Waals surface area contributed by atoms with E-state index in [0.717, 1.165) is 0 Å². The highest BCUT2D eigenvalue weighted by Gasteiger charge is 2.38. The Morgan fingerprint density at radius 1 is 1.33 bits per heavy atom. The molecular weight excluding hydrogens is 442 g/mol. The highest BCUT2D eigenvalue weighted by atomic mass is 19.3. The summed E-state index contributed by atoms with van der Waals surface area (Å²) in [5.74, 6) is -7.12. The fourth-order valence-electron chi connectivity index (χ4n) is 4.03. The van der Waals surface area contributed by atoms with Crippen LogP contribution in [0.5, 0.6) is 0 Å². The summed E-state index contributed by atoms with van der Waals surface area (Å²) in [7, 11) is -2.68. The second kappa shape index (κ2) is 9.04. The molecule has 0 radical (unpaired) electrons. The molecule has 2 heterocycles. The number of hydrogen-bond acceptors (Lipinski definition) is 4. The number of imidazole rings is 1. The number of carbonyl (C=O) groups is 2. The Kier molecular flexibility index (Phi) is 5.77. The molecule has 1 N–H and O–H groups in total. The van der Waals surface area contributed by atoms with Crippen LogP contribution < -0.4 is 5.32 Å². The van der Waals surface area contributed by atoms with Gasteiger partial charge < -0.3 is 10.1 Å². The van der Waals surface area contributed by atoms with Crippen LogP contribution in [0.2, 0.25) is 0 Å². The summed E-state index contributed by atoms with van der Waals surface area (Å²) in [6, 6.07) is 2.46. The molecule has 2 aromatic rings. The average molecular weight is 475 g/mol. The summed E-state index contributed by atoms with van der Waals surface area (Å²) in [4.78, 5) is 28.7. The molecule has 182 valence electrons. The van der Waals surface area contributed by atoms with Crippen LogP contribution in [-0.4, -0.2) is 46.7 Å². The highest BCUT2D eigenvalue weighted by molar-refractivity contribution is 5.96. The molecule has 2 aromatic heterocycles. The lowest BCUT2D eigenvalue weighted by atomic mass is 9.83. The first-order chi connectivity index (χ1) is 16.4. The molecule has 0 saturated heterocycles. The van der Waals surface area contributed by atoms with Crippen molar-refractivity contribution in [2.24, 2.45) is 5.92 Å². The number of halogens is 4. The smallest absolute Gasteiger partial charge is 0.288 e. The van der Waals surface area contributed by atoms with Gasteiger partial charge in [-0.25, -0.2) is 13.8 Å². The first-order valence-corrected chi connectivity index (χ1v) is 10.7. The number of aromatic nitrogens is 2. The predicted molar refractivity (Wildman–Crippen MR) is 114 cm³/mol. The van der Waals surface area contributed by atoms with Crippen molar-refractivity contribution in [1.82, 2.24) is 14.7 Å². The lowest BCUT2D eigenvalue weighted by molar-refractivity contribution is -0.0460. The van der Waals surface area contributed by atoms with Crippen molar-refractivity contribution in [1.29, 1.82) is 0 Å². The van der Waals surface area contributed by atoms with Gasteiger partial charge in [-0.05, 0) is 51.2 Å². The number of pyridine rings is 1. The lowest BCUT2D eigenvalue weighted by Gasteiger charge is -2.28. The number of methoxy groups -OCH3 is 1. The number of aldehydes is 1. The standard InChI is InChI=1S/C23H29F4N3O3/c1-21(2,33-4)13-28-20(32)15-10-16(12-31)30-17(9-14-5-7-23(26,27)8-6-14)19(22(3,24)25)29-18(30)11-15/h10-12,14H,5-9,13H2,1-4H3,(H,28,32)/i4D3. The number of nitrogens with one attached hydrogen (secondary N) is 1. The topological polar surface area (TPSA) is 72.7 Å². The molecule has 1 fully saturated rings. The molecule has 1 aliphatic carbocycles. The van der Waals surface area contributed by atoms with Gasteiger partial charge in [-0.15, -0.1) is 0 Å². The van der Waals surface area contributed by atoms with Crippen molar-refractivity contribution in [3.05, 3.63) is 34.8 Å². The minimum absolute atomic E-state index is 0.0308. The molecule has 0 aliphatic heterocycles. The van der Waals surface area contributed by atoms with Crippen molar-refractivity contribution >= 4 is 17.8 Å². The van der Waals surface area contributed by atoms with Gasteiger partial charge >= 0.3 is 0 Å². The zero-order valence-electron chi connectivity index (χ0n) is 21.7. The quantitative estimate of drug-likeness (QED) is 0.442. The van der Waals surface area contributed by atoms with Crippen molar-refractivity contribution in [2.75, 3.05) is 13.6 Å².